The number of carbonyl (C=O) groups is 2. The molecule has 0 saturated carbocycles. The summed E-state index contributed by atoms with van der Waals surface area (Å²) >= 11 is 0. The summed E-state index contributed by atoms with van der Waals surface area (Å²) in [6, 6.07) is 3.68. The summed E-state index contributed by atoms with van der Waals surface area (Å²) in [6.45, 7) is 5.88. The number of aromatic nitrogens is 1. The van der Waals surface area contributed by atoms with Gasteiger partial charge >= 0.3 is 5.97 Å². The van der Waals surface area contributed by atoms with E-state index < -0.39 is 12.0 Å². The van der Waals surface area contributed by atoms with E-state index in [4.69, 9.17) is 16.6 Å². The van der Waals surface area contributed by atoms with Gasteiger partial charge in [-0.15, -0.1) is 0 Å². The van der Waals surface area contributed by atoms with Crippen molar-refractivity contribution >= 4 is 11.9 Å². The smallest absolute Gasteiger partial charge is 0.326 e. The Balaban J connectivity index is 0.000000295. The number of amides is 1. The van der Waals surface area contributed by atoms with E-state index in [0.717, 1.165) is 25.8 Å². The molecule has 7 heteroatoms. The fourth-order valence-corrected chi connectivity index (χ4v) is 3.56. The lowest BCUT2D eigenvalue weighted by Crippen LogP contribution is -2.40. The van der Waals surface area contributed by atoms with Crippen LogP contribution in [0.4, 0.5) is 0 Å². The Bertz CT molecular complexity index is 621. The molecule has 28 heavy (non-hydrogen) atoms. The van der Waals surface area contributed by atoms with Crippen molar-refractivity contribution in [3.05, 3.63) is 29.6 Å². The Hall–Kier alpha value is -1.99. The van der Waals surface area contributed by atoms with Crippen LogP contribution in [0, 0.1) is 5.92 Å². The third-order valence-electron chi connectivity index (χ3n) is 4.88. The number of nitrogens with one attached hydrogen (secondary N) is 1. The minimum Gasteiger partial charge on any atom is -0.480 e. The number of carbonyl (C=O) groups excluding carboxylic acids is 1. The Morgan fingerprint density at radius 1 is 1.39 bits per heavy atom. The summed E-state index contributed by atoms with van der Waals surface area (Å²) in [5.74, 6) is -0.573. The van der Waals surface area contributed by atoms with Crippen LogP contribution in [0.5, 0.6) is 0 Å². The molecule has 6 N–H and O–H groups in total. The van der Waals surface area contributed by atoms with E-state index in [1.54, 1.807) is 0 Å². The van der Waals surface area contributed by atoms with Crippen molar-refractivity contribution < 1.29 is 14.7 Å². The zero-order valence-corrected chi connectivity index (χ0v) is 17.4. The van der Waals surface area contributed by atoms with Gasteiger partial charge in [0.1, 0.15) is 6.04 Å². The summed E-state index contributed by atoms with van der Waals surface area (Å²) < 4.78 is 0. The number of rotatable bonds is 8. The van der Waals surface area contributed by atoms with E-state index in [1.807, 2.05) is 26.1 Å². The molecule has 0 aromatic carbocycles. The van der Waals surface area contributed by atoms with Crippen LogP contribution in [0.3, 0.4) is 0 Å². The minimum atomic E-state index is -0.973. The molecular formula is C21H36N4O3. The predicted molar refractivity (Wildman–Crippen MR) is 111 cm³/mol. The number of nitrogens with zero attached hydrogens (tertiary/aromatic N) is 1. The molecule has 158 valence electrons. The molecule has 0 saturated heterocycles. The molecule has 0 aliphatic heterocycles. The van der Waals surface area contributed by atoms with E-state index in [0.29, 0.717) is 12.3 Å². The fraction of sp³-hybridized carbons (Fsp3) is 0.667. The highest BCUT2D eigenvalue weighted by molar-refractivity contribution is 5.81. The van der Waals surface area contributed by atoms with Crippen molar-refractivity contribution in [2.24, 2.45) is 17.4 Å². The molecule has 0 spiro atoms. The molecule has 1 aliphatic rings. The standard InChI is InChI=1S/C13H21N3.C8H15NO3/c14-8-2-7-12(15)11-6-1-4-10-5-3-9-16-13(10)11;1-5(2)4-7(8(11)12)9-6(3)10/h3,5,9,11-12H,1-2,4,6-8,14-15H2;5,7H,4H2,1-3H3,(H,9,10)(H,11,12)/t11-,12?;7-/m00/s1. The number of fused-ring (bicyclic) bond motifs is 1. The summed E-state index contributed by atoms with van der Waals surface area (Å²) in [5, 5.41) is 11.0. The van der Waals surface area contributed by atoms with E-state index in [-0.39, 0.29) is 17.9 Å². The Morgan fingerprint density at radius 3 is 2.68 bits per heavy atom. The number of carboxylic acids is 1. The van der Waals surface area contributed by atoms with Crippen LogP contribution in [-0.4, -0.2) is 40.6 Å². The highest BCUT2D eigenvalue weighted by Crippen LogP contribution is 2.32. The van der Waals surface area contributed by atoms with Gasteiger partial charge in [0.2, 0.25) is 5.91 Å². The maximum Gasteiger partial charge on any atom is 0.326 e. The molecule has 3 atom stereocenters. The van der Waals surface area contributed by atoms with E-state index in [1.165, 1.54) is 31.0 Å². The monoisotopic (exact) mass is 392 g/mol. The van der Waals surface area contributed by atoms with Crippen LogP contribution in [0.2, 0.25) is 0 Å². The van der Waals surface area contributed by atoms with Crippen LogP contribution in [0.1, 0.15) is 70.1 Å². The zero-order chi connectivity index (χ0) is 21.1. The van der Waals surface area contributed by atoms with Crippen LogP contribution < -0.4 is 16.8 Å². The third kappa shape index (κ3) is 8.35. The van der Waals surface area contributed by atoms with Crippen LogP contribution >= 0.6 is 0 Å². The van der Waals surface area contributed by atoms with Gasteiger partial charge in [-0.25, -0.2) is 4.79 Å². The molecule has 1 heterocycles. The van der Waals surface area contributed by atoms with Crippen LogP contribution in [0.25, 0.3) is 0 Å². The van der Waals surface area contributed by atoms with E-state index in [9.17, 15) is 9.59 Å². The molecule has 1 amide bonds. The molecule has 1 unspecified atom stereocenters. The van der Waals surface area contributed by atoms with Crippen LogP contribution in [-0.2, 0) is 16.0 Å². The molecular weight excluding hydrogens is 356 g/mol. The fourth-order valence-electron chi connectivity index (χ4n) is 3.56. The lowest BCUT2D eigenvalue weighted by molar-refractivity contribution is -0.142. The molecule has 1 aromatic rings. The van der Waals surface area contributed by atoms with Crippen molar-refractivity contribution in [1.82, 2.24) is 10.3 Å². The Labute approximate surface area is 168 Å². The second kappa shape index (κ2) is 12.5. The minimum absolute atomic E-state index is 0.220. The average Bonchev–Trinajstić information content (AvgIpc) is 2.64. The van der Waals surface area contributed by atoms with Crippen molar-refractivity contribution in [3.63, 3.8) is 0 Å². The highest BCUT2D eigenvalue weighted by Gasteiger charge is 2.26. The van der Waals surface area contributed by atoms with Gasteiger partial charge < -0.3 is 21.9 Å². The number of carboxylic acid groups (broad SMARTS) is 1. The molecule has 0 radical (unpaired) electrons. The Kier molecular flexibility index (Phi) is 10.7. The maximum absolute atomic E-state index is 10.6. The van der Waals surface area contributed by atoms with Gasteiger partial charge in [0.15, 0.2) is 0 Å². The van der Waals surface area contributed by atoms with Gasteiger partial charge in [-0.2, -0.15) is 0 Å². The van der Waals surface area contributed by atoms with Gasteiger partial charge in [0.25, 0.3) is 0 Å². The normalized spacial score (nSPS) is 17.7. The third-order valence-corrected chi connectivity index (χ3v) is 4.88. The second-order valence-electron chi connectivity index (χ2n) is 7.86. The molecule has 0 bridgehead atoms. The van der Waals surface area contributed by atoms with E-state index in [2.05, 4.69) is 16.4 Å². The number of aliphatic carboxylic acids is 1. The second-order valence-corrected chi connectivity index (χ2v) is 7.86. The first-order valence-corrected chi connectivity index (χ1v) is 10.2. The molecule has 1 aromatic heterocycles. The van der Waals surface area contributed by atoms with Gasteiger partial charge in [-0.05, 0) is 62.6 Å². The number of hydrogen-bond donors (Lipinski definition) is 4. The van der Waals surface area contributed by atoms with Gasteiger partial charge in [0, 0.05) is 30.8 Å². The number of pyridine rings is 1. The summed E-state index contributed by atoms with van der Waals surface area (Å²) in [4.78, 5) is 25.6. The quantitative estimate of drug-likeness (QED) is 0.536. The largest absolute Gasteiger partial charge is 0.480 e. The first-order chi connectivity index (χ1) is 13.3. The lowest BCUT2D eigenvalue weighted by Gasteiger charge is -2.29. The molecule has 7 nitrogen and oxygen atoms in total. The first kappa shape index (κ1) is 24.0. The topological polar surface area (TPSA) is 131 Å². The van der Waals surface area contributed by atoms with E-state index >= 15 is 0 Å². The first-order valence-electron chi connectivity index (χ1n) is 10.2. The predicted octanol–water partition coefficient (Wildman–Crippen LogP) is 2.19. The van der Waals surface area contributed by atoms with Crippen molar-refractivity contribution in [3.8, 4) is 0 Å². The average molecular weight is 393 g/mol. The SMILES string of the molecule is CC(=O)N[C@@H](CC(C)C)C(=O)O.NCCCC(N)[C@@H]1CCCc2cccnc21. The molecule has 0 fully saturated rings. The van der Waals surface area contributed by atoms with Crippen molar-refractivity contribution in [1.29, 1.82) is 0 Å². The highest BCUT2D eigenvalue weighted by atomic mass is 16.4. The number of hydrogen-bond acceptors (Lipinski definition) is 5. The molecule has 2 rings (SSSR count). The van der Waals surface area contributed by atoms with Crippen LogP contribution in [0.15, 0.2) is 18.3 Å². The van der Waals surface area contributed by atoms with Gasteiger partial charge in [0.05, 0.1) is 0 Å². The summed E-state index contributed by atoms with van der Waals surface area (Å²) in [5.41, 5.74) is 14.4. The number of nitrogens with two attached hydrogens (primary N) is 2. The zero-order valence-electron chi connectivity index (χ0n) is 17.4. The van der Waals surface area contributed by atoms with Gasteiger partial charge in [-0.3, -0.25) is 9.78 Å². The summed E-state index contributed by atoms with van der Waals surface area (Å²) in [7, 11) is 0. The molecule has 1 aliphatic carbocycles. The summed E-state index contributed by atoms with van der Waals surface area (Å²) in [6.07, 6.45) is 7.94. The Morgan fingerprint density at radius 2 is 2.11 bits per heavy atom. The lowest BCUT2D eigenvalue weighted by atomic mass is 9.81. The van der Waals surface area contributed by atoms with Crippen molar-refractivity contribution in [2.75, 3.05) is 6.54 Å². The van der Waals surface area contributed by atoms with Gasteiger partial charge in [-0.1, -0.05) is 19.9 Å². The van der Waals surface area contributed by atoms with Crippen molar-refractivity contribution in [2.45, 2.75) is 77.3 Å². The maximum atomic E-state index is 10.6. The number of aryl methyl sites for hydroxylation is 1.